The van der Waals surface area contributed by atoms with Gasteiger partial charge in [0, 0.05) is 0 Å². The van der Waals surface area contributed by atoms with Gasteiger partial charge in [-0.1, -0.05) is 23.8 Å². The van der Waals surface area contributed by atoms with Crippen molar-refractivity contribution in [3.8, 4) is 5.75 Å². The van der Waals surface area contributed by atoms with E-state index in [0.29, 0.717) is 12.8 Å². The third kappa shape index (κ3) is 4.62. The van der Waals surface area contributed by atoms with E-state index in [2.05, 4.69) is 0 Å². The number of allylic oxidation sites excluding steroid dienone is 2. The van der Waals surface area contributed by atoms with Gasteiger partial charge in [0.25, 0.3) is 0 Å². The predicted molar refractivity (Wildman–Crippen MR) is 71.9 cm³/mol. The van der Waals surface area contributed by atoms with Crippen molar-refractivity contribution in [2.75, 3.05) is 7.11 Å². The van der Waals surface area contributed by atoms with Crippen LogP contribution in [0.2, 0.25) is 0 Å². The van der Waals surface area contributed by atoms with E-state index < -0.39 is 5.97 Å². The molecule has 1 atom stereocenters. The molecule has 0 heterocycles. The fourth-order valence-electron chi connectivity index (χ4n) is 1.70. The van der Waals surface area contributed by atoms with Gasteiger partial charge in [-0.25, -0.2) is 0 Å². The maximum Gasteiger partial charge on any atom is 0.307 e. The highest BCUT2D eigenvalue weighted by molar-refractivity contribution is 5.70. The number of rotatable bonds is 6. The SMILES string of the molecule is COc1ccc(CC(CC=C(C)C)C(=O)O)cc1. The molecule has 0 aliphatic heterocycles. The second kappa shape index (κ2) is 6.84. The molecule has 18 heavy (non-hydrogen) atoms. The summed E-state index contributed by atoms with van der Waals surface area (Å²) < 4.78 is 5.07. The minimum absolute atomic E-state index is 0.367. The summed E-state index contributed by atoms with van der Waals surface area (Å²) in [6, 6.07) is 7.54. The molecule has 3 nitrogen and oxygen atoms in total. The lowest BCUT2D eigenvalue weighted by atomic mass is 9.95. The average molecular weight is 248 g/mol. The van der Waals surface area contributed by atoms with E-state index in [4.69, 9.17) is 4.74 Å². The lowest BCUT2D eigenvalue weighted by molar-refractivity contribution is -0.141. The van der Waals surface area contributed by atoms with Crippen LogP contribution < -0.4 is 4.74 Å². The van der Waals surface area contributed by atoms with E-state index in [1.54, 1.807) is 7.11 Å². The summed E-state index contributed by atoms with van der Waals surface area (Å²) in [5.74, 6) is -0.327. The van der Waals surface area contributed by atoms with Crippen molar-refractivity contribution in [3.05, 3.63) is 41.5 Å². The molecule has 1 unspecified atom stereocenters. The van der Waals surface area contributed by atoms with E-state index in [1.807, 2.05) is 44.2 Å². The van der Waals surface area contributed by atoms with Crippen LogP contribution in [0.15, 0.2) is 35.9 Å². The Morgan fingerprint density at radius 1 is 1.33 bits per heavy atom. The Bertz CT molecular complexity index is 414. The van der Waals surface area contributed by atoms with Crippen LogP contribution in [0, 0.1) is 5.92 Å². The fourth-order valence-corrected chi connectivity index (χ4v) is 1.70. The van der Waals surface area contributed by atoms with Crippen molar-refractivity contribution < 1.29 is 14.6 Å². The first-order chi connectivity index (χ1) is 8.52. The van der Waals surface area contributed by atoms with Crippen LogP contribution in [-0.2, 0) is 11.2 Å². The Morgan fingerprint density at radius 3 is 2.39 bits per heavy atom. The third-order valence-corrected chi connectivity index (χ3v) is 2.80. The molecule has 98 valence electrons. The first kappa shape index (κ1) is 14.3. The Hall–Kier alpha value is -1.77. The first-order valence-electron chi connectivity index (χ1n) is 6.02. The van der Waals surface area contributed by atoms with Gasteiger partial charge in [-0.3, -0.25) is 4.79 Å². The number of ether oxygens (including phenoxy) is 1. The van der Waals surface area contributed by atoms with Gasteiger partial charge in [0.05, 0.1) is 13.0 Å². The van der Waals surface area contributed by atoms with Crippen molar-refractivity contribution in [1.82, 2.24) is 0 Å². The van der Waals surface area contributed by atoms with Crippen LogP contribution in [0.1, 0.15) is 25.8 Å². The molecule has 1 N–H and O–H groups in total. The largest absolute Gasteiger partial charge is 0.497 e. The van der Waals surface area contributed by atoms with Gasteiger partial charge in [-0.05, 0) is 44.4 Å². The zero-order chi connectivity index (χ0) is 13.5. The second-order valence-electron chi connectivity index (χ2n) is 4.60. The van der Waals surface area contributed by atoms with Crippen LogP contribution in [0.4, 0.5) is 0 Å². The molecule has 0 bridgehead atoms. The van der Waals surface area contributed by atoms with Crippen LogP contribution in [0.25, 0.3) is 0 Å². The number of hydrogen-bond acceptors (Lipinski definition) is 2. The highest BCUT2D eigenvalue weighted by Crippen LogP contribution is 2.17. The van der Waals surface area contributed by atoms with E-state index in [9.17, 15) is 9.90 Å². The molecule has 0 aliphatic rings. The number of methoxy groups -OCH3 is 1. The van der Waals surface area contributed by atoms with Gasteiger partial charge < -0.3 is 9.84 Å². The van der Waals surface area contributed by atoms with Gasteiger partial charge in [0.1, 0.15) is 5.75 Å². The van der Waals surface area contributed by atoms with E-state index in [0.717, 1.165) is 16.9 Å². The van der Waals surface area contributed by atoms with Gasteiger partial charge >= 0.3 is 5.97 Å². The van der Waals surface area contributed by atoms with Crippen molar-refractivity contribution in [2.24, 2.45) is 5.92 Å². The normalized spacial score (nSPS) is 11.7. The molecule has 1 aromatic carbocycles. The summed E-state index contributed by atoms with van der Waals surface area (Å²) in [4.78, 5) is 11.2. The second-order valence-corrected chi connectivity index (χ2v) is 4.60. The fraction of sp³-hybridized carbons (Fsp3) is 0.400. The molecule has 0 amide bonds. The maximum atomic E-state index is 11.2. The lowest BCUT2D eigenvalue weighted by Gasteiger charge is -2.11. The van der Waals surface area contributed by atoms with Crippen LogP contribution in [-0.4, -0.2) is 18.2 Å². The number of carbonyl (C=O) groups is 1. The highest BCUT2D eigenvalue weighted by atomic mass is 16.5. The van der Waals surface area contributed by atoms with Crippen LogP contribution >= 0.6 is 0 Å². The quantitative estimate of drug-likeness (QED) is 0.786. The van der Waals surface area contributed by atoms with Gasteiger partial charge in [-0.15, -0.1) is 0 Å². The summed E-state index contributed by atoms with van der Waals surface area (Å²) in [5.41, 5.74) is 2.17. The smallest absolute Gasteiger partial charge is 0.307 e. The molecule has 3 heteroatoms. The zero-order valence-electron chi connectivity index (χ0n) is 11.1. The minimum atomic E-state index is -0.747. The summed E-state index contributed by atoms with van der Waals surface area (Å²) in [5, 5.41) is 9.19. The molecular formula is C15H20O3. The molecule has 1 aromatic rings. The molecule has 0 saturated carbocycles. The highest BCUT2D eigenvalue weighted by Gasteiger charge is 2.16. The Labute approximate surface area is 108 Å². The molecule has 0 spiro atoms. The molecular weight excluding hydrogens is 228 g/mol. The number of carboxylic acids is 1. The van der Waals surface area contributed by atoms with E-state index >= 15 is 0 Å². The monoisotopic (exact) mass is 248 g/mol. The number of carboxylic acid groups (broad SMARTS) is 1. The van der Waals surface area contributed by atoms with Crippen molar-refractivity contribution >= 4 is 5.97 Å². The molecule has 1 rings (SSSR count). The Kier molecular flexibility index (Phi) is 5.43. The van der Waals surface area contributed by atoms with Crippen LogP contribution in [0.5, 0.6) is 5.75 Å². The summed E-state index contributed by atoms with van der Waals surface area (Å²) in [6.45, 7) is 3.96. The molecule has 0 radical (unpaired) electrons. The van der Waals surface area contributed by atoms with Crippen molar-refractivity contribution in [1.29, 1.82) is 0 Å². The molecule has 0 aliphatic carbocycles. The molecule has 0 fully saturated rings. The topological polar surface area (TPSA) is 46.5 Å². The number of hydrogen-bond donors (Lipinski definition) is 1. The van der Waals surface area contributed by atoms with Gasteiger partial charge in [-0.2, -0.15) is 0 Å². The van der Waals surface area contributed by atoms with Gasteiger partial charge in [0.15, 0.2) is 0 Å². The first-order valence-corrected chi connectivity index (χ1v) is 6.02. The molecule has 0 saturated heterocycles. The van der Waals surface area contributed by atoms with Crippen molar-refractivity contribution in [3.63, 3.8) is 0 Å². The van der Waals surface area contributed by atoms with E-state index in [1.165, 1.54) is 0 Å². The molecule has 0 aromatic heterocycles. The van der Waals surface area contributed by atoms with E-state index in [-0.39, 0.29) is 5.92 Å². The zero-order valence-corrected chi connectivity index (χ0v) is 11.1. The van der Waals surface area contributed by atoms with Crippen LogP contribution in [0.3, 0.4) is 0 Å². The third-order valence-electron chi connectivity index (χ3n) is 2.80. The predicted octanol–water partition coefficient (Wildman–Crippen LogP) is 3.29. The van der Waals surface area contributed by atoms with Crippen molar-refractivity contribution in [2.45, 2.75) is 26.7 Å². The number of aliphatic carboxylic acids is 1. The minimum Gasteiger partial charge on any atom is -0.497 e. The summed E-state index contributed by atoms with van der Waals surface area (Å²) >= 11 is 0. The summed E-state index contributed by atoms with van der Waals surface area (Å²) in [7, 11) is 1.61. The average Bonchev–Trinajstić information content (AvgIpc) is 2.34. The van der Waals surface area contributed by atoms with Gasteiger partial charge in [0.2, 0.25) is 0 Å². The standard InChI is InChI=1S/C15H20O3/c1-11(2)4-7-13(15(16)17)10-12-5-8-14(18-3)9-6-12/h4-6,8-9,13H,7,10H2,1-3H3,(H,16,17). The maximum absolute atomic E-state index is 11.2. The lowest BCUT2D eigenvalue weighted by Crippen LogP contribution is -2.15. The Balaban J connectivity index is 2.70. The Morgan fingerprint density at radius 2 is 1.94 bits per heavy atom. The number of benzene rings is 1. The summed E-state index contributed by atoms with van der Waals surface area (Å²) in [6.07, 6.45) is 3.09.